The van der Waals surface area contributed by atoms with Gasteiger partial charge in [-0.15, -0.1) is 0 Å². The molecule has 0 rings (SSSR count). The van der Waals surface area contributed by atoms with Crippen molar-refractivity contribution in [1.29, 1.82) is 0 Å². The van der Waals surface area contributed by atoms with Gasteiger partial charge in [-0.2, -0.15) is 0 Å². The van der Waals surface area contributed by atoms with Crippen LogP contribution in [0.4, 0.5) is 0 Å². The molecule has 6 heteroatoms. The van der Waals surface area contributed by atoms with Crippen molar-refractivity contribution in [2.45, 2.75) is 297 Å². The van der Waals surface area contributed by atoms with Crippen LogP contribution < -0.4 is 0 Å². The number of ether oxygens (including phenoxy) is 3. The van der Waals surface area contributed by atoms with Crippen molar-refractivity contribution in [3.8, 4) is 0 Å². The van der Waals surface area contributed by atoms with Gasteiger partial charge in [-0.3, -0.25) is 14.4 Å². The van der Waals surface area contributed by atoms with Gasteiger partial charge in [-0.25, -0.2) is 0 Å². The van der Waals surface area contributed by atoms with Crippen LogP contribution >= 0.6 is 0 Å². The highest BCUT2D eigenvalue weighted by molar-refractivity contribution is 5.71. The zero-order valence-corrected chi connectivity index (χ0v) is 39.5. The molecule has 0 saturated heterocycles. The fraction of sp³-hybridized carbons (Fsp3) is 0.942. The van der Waals surface area contributed by atoms with Gasteiger partial charge in [0.25, 0.3) is 0 Å². The molecule has 0 bridgehead atoms. The molecule has 0 aliphatic carbocycles. The van der Waals surface area contributed by atoms with E-state index in [2.05, 4.69) is 27.7 Å². The van der Waals surface area contributed by atoms with Gasteiger partial charge >= 0.3 is 17.9 Å². The molecule has 0 spiro atoms. The lowest BCUT2D eigenvalue weighted by molar-refractivity contribution is -0.167. The van der Waals surface area contributed by atoms with Crippen LogP contribution in [-0.2, 0) is 28.6 Å². The van der Waals surface area contributed by atoms with Crippen LogP contribution in [0.5, 0.6) is 0 Å². The molecule has 58 heavy (non-hydrogen) atoms. The average Bonchev–Trinajstić information content (AvgIpc) is 3.21. The number of unbranched alkanes of at least 4 members (excludes halogenated alkanes) is 34. The summed E-state index contributed by atoms with van der Waals surface area (Å²) in [4.78, 5) is 37.9. The summed E-state index contributed by atoms with van der Waals surface area (Å²) >= 11 is 0. The molecular weight excluding hydrogens is 721 g/mol. The molecule has 0 saturated carbocycles. The molecule has 0 aromatic carbocycles. The third-order valence-corrected chi connectivity index (χ3v) is 11.8. The van der Waals surface area contributed by atoms with Gasteiger partial charge < -0.3 is 14.2 Å². The Morgan fingerprint density at radius 2 is 0.569 bits per heavy atom. The van der Waals surface area contributed by atoms with Crippen molar-refractivity contribution >= 4 is 17.9 Å². The molecule has 1 atom stereocenters. The van der Waals surface area contributed by atoms with E-state index in [1.807, 2.05) is 0 Å². The second-order valence-corrected chi connectivity index (χ2v) is 18.3. The molecule has 0 N–H and O–H groups in total. The van der Waals surface area contributed by atoms with E-state index in [0.29, 0.717) is 19.3 Å². The zero-order valence-electron chi connectivity index (χ0n) is 39.5. The third-order valence-electron chi connectivity index (χ3n) is 11.8. The van der Waals surface area contributed by atoms with Crippen LogP contribution in [0.3, 0.4) is 0 Å². The number of esters is 3. The minimum absolute atomic E-state index is 0.0627. The molecule has 0 aliphatic rings. The van der Waals surface area contributed by atoms with Gasteiger partial charge in [0, 0.05) is 19.3 Å². The lowest BCUT2D eigenvalue weighted by atomic mass is 10.0. The quantitative estimate of drug-likeness (QED) is 0.0346. The highest BCUT2D eigenvalue weighted by Gasteiger charge is 2.19. The first-order valence-electron chi connectivity index (χ1n) is 25.9. The van der Waals surface area contributed by atoms with E-state index in [1.165, 1.54) is 186 Å². The molecule has 0 fully saturated rings. The Morgan fingerprint density at radius 1 is 0.328 bits per heavy atom. The summed E-state index contributed by atoms with van der Waals surface area (Å²) in [5.41, 5.74) is 0. The van der Waals surface area contributed by atoms with Gasteiger partial charge in [0.1, 0.15) is 13.2 Å². The van der Waals surface area contributed by atoms with Crippen LogP contribution in [0.2, 0.25) is 0 Å². The summed E-state index contributed by atoms with van der Waals surface area (Å²) in [6.45, 7) is 9.02. The predicted octanol–water partition coefficient (Wildman–Crippen LogP) is 16.7. The van der Waals surface area contributed by atoms with Gasteiger partial charge in [-0.1, -0.05) is 252 Å². The monoisotopic (exact) mass is 821 g/mol. The smallest absolute Gasteiger partial charge is 0.306 e. The normalized spacial score (nSPS) is 11.9. The fourth-order valence-electron chi connectivity index (χ4n) is 7.86. The summed E-state index contributed by atoms with van der Waals surface area (Å²) in [5, 5.41) is 0. The Bertz CT molecular complexity index is 872. The molecule has 0 amide bonds. The summed E-state index contributed by atoms with van der Waals surface area (Å²) in [7, 11) is 0. The maximum absolute atomic E-state index is 12.8. The van der Waals surface area contributed by atoms with Gasteiger partial charge in [0.2, 0.25) is 0 Å². The van der Waals surface area contributed by atoms with Crippen molar-refractivity contribution < 1.29 is 28.6 Å². The molecule has 0 radical (unpaired) electrons. The van der Waals surface area contributed by atoms with E-state index < -0.39 is 6.10 Å². The van der Waals surface area contributed by atoms with E-state index in [9.17, 15) is 14.4 Å². The van der Waals surface area contributed by atoms with Crippen molar-refractivity contribution in [1.82, 2.24) is 0 Å². The lowest BCUT2D eigenvalue weighted by Gasteiger charge is -2.18. The van der Waals surface area contributed by atoms with Crippen molar-refractivity contribution in [2.24, 2.45) is 5.92 Å². The number of carbonyl (C=O) groups is 3. The van der Waals surface area contributed by atoms with Crippen LogP contribution in [-0.4, -0.2) is 37.2 Å². The van der Waals surface area contributed by atoms with Crippen LogP contribution in [0, 0.1) is 5.92 Å². The number of hydrogen-bond acceptors (Lipinski definition) is 6. The topological polar surface area (TPSA) is 78.9 Å². The molecule has 0 aliphatic heterocycles. The van der Waals surface area contributed by atoms with Crippen molar-refractivity contribution in [3.05, 3.63) is 0 Å². The van der Waals surface area contributed by atoms with E-state index in [4.69, 9.17) is 14.2 Å². The fourth-order valence-corrected chi connectivity index (χ4v) is 7.86. The minimum Gasteiger partial charge on any atom is -0.462 e. The van der Waals surface area contributed by atoms with Crippen molar-refractivity contribution in [2.75, 3.05) is 13.2 Å². The first kappa shape index (κ1) is 56.4. The molecular formula is C52H100O6. The molecule has 0 unspecified atom stereocenters. The second-order valence-electron chi connectivity index (χ2n) is 18.3. The Labute approximate surface area is 361 Å². The summed E-state index contributed by atoms with van der Waals surface area (Å²) in [6, 6.07) is 0. The lowest BCUT2D eigenvalue weighted by Crippen LogP contribution is -2.30. The zero-order chi connectivity index (χ0) is 42.4. The molecule has 0 aromatic heterocycles. The summed E-state index contributed by atoms with van der Waals surface area (Å²) in [6.07, 6.45) is 48.0. The summed E-state index contributed by atoms with van der Waals surface area (Å²) < 4.78 is 16.8. The first-order valence-corrected chi connectivity index (χ1v) is 25.9. The molecule has 0 heterocycles. The second kappa shape index (κ2) is 46.5. The number of hydrogen-bond donors (Lipinski definition) is 0. The predicted molar refractivity (Wildman–Crippen MR) is 247 cm³/mol. The van der Waals surface area contributed by atoms with E-state index >= 15 is 0 Å². The first-order chi connectivity index (χ1) is 28.4. The van der Waals surface area contributed by atoms with Gasteiger partial charge in [-0.05, 0) is 25.2 Å². The summed E-state index contributed by atoms with van der Waals surface area (Å²) in [5.74, 6) is -0.0256. The molecule has 0 aromatic rings. The molecule has 344 valence electrons. The molecule has 6 nitrogen and oxygen atoms in total. The van der Waals surface area contributed by atoms with Crippen molar-refractivity contribution in [3.63, 3.8) is 0 Å². The van der Waals surface area contributed by atoms with Gasteiger partial charge in [0.15, 0.2) is 6.10 Å². The Morgan fingerprint density at radius 3 is 0.845 bits per heavy atom. The van der Waals surface area contributed by atoms with Crippen LogP contribution in [0.1, 0.15) is 291 Å². The third kappa shape index (κ3) is 45.5. The van der Waals surface area contributed by atoms with Crippen LogP contribution in [0.25, 0.3) is 0 Å². The number of carbonyl (C=O) groups excluding carboxylic acids is 3. The number of rotatable bonds is 47. The Balaban J connectivity index is 4.31. The van der Waals surface area contributed by atoms with E-state index in [-0.39, 0.29) is 31.1 Å². The maximum Gasteiger partial charge on any atom is 0.306 e. The van der Waals surface area contributed by atoms with E-state index in [1.54, 1.807) is 0 Å². The maximum atomic E-state index is 12.8. The largest absolute Gasteiger partial charge is 0.462 e. The SMILES string of the molecule is CCCCCCCCCCCCCCCCC(=O)OC[C@@H](COC(=O)CCCCCCCCCCCCC(C)C)OC(=O)CCCCCCCCCCCCCCC. The Kier molecular flexibility index (Phi) is 45.2. The van der Waals surface area contributed by atoms with Gasteiger partial charge in [0.05, 0.1) is 0 Å². The highest BCUT2D eigenvalue weighted by Crippen LogP contribution is 2.17. The van der Waals surface area contributed by atoms with E-state index in [0.717, 1.165) is 63.7 Å². The van der Waals surface area contributed by atoms with Crippen LogP contribution in [0.15, 0.2) is 0 Å². The Hall–Kier alpha value is -1.59. The minimum atomic E-state index is -0.760. The highest BCUT2D eigenvalue weighted by atomic mass is 16.6. The standard InChI is InChI=1S/C52H100O6/c1-5-7-9-11-13-15-17-19-21-22-27-31-35-39-43-50(53)56-46-49(58-52(55)45-41-37-33-29-23-20-18-16-14-12-10-8-6-2)47-57-51(54)44-40-36-32-28-25-24-26-30-34-38-42-48(3)4/h48-49H,5-47H2,1-4H3/t49-/m0/s1. The average molecular weight is 821 g/mol.